The molecule has 2 N–H and O–H groups in total. The summed E-state index contributed by atoms with van der Waals surface area (Å²) in [5, 5.41) is 4.88. The number of imide groups is 2. The number of carbonyl (C=O) groups excluding carboxylic acids is 4. The van der Waals surface area contributed by atoms with Gasteiger partial charge in [0.25, 0.3) is 0 Å². The molecule has 0 radical (unpaired) electrons. The standard InChI is InChI=1S/C14H14N2O4/c17-11-7-3-1-2-4(8(7)12(18)15-11)6-5(3)9-10(6)14(20)16-13(9)19/h3-10H,1-2H2,(H,15,17,18)(H,16,19,20)/t3-,4-,5-,6-,7-,8-,9-,10-/m1/s1. The van der Waals surface area contributed by atoms with Gasteiger partial charge in [-0.1, -0.05) is 0 Å². The number of fused-ring (bicyclic) bond motifs is 2. The van der Waals surface area contributed by atoms with E-state index in [1.807, 2.05) is 0 Å². The van der Waals surface area contributed by atoms with Crippen LogP contribution in [0.4, 0.5) is 0 Å². The highest BCUT2D eigenvalue weighted by atomic mass is 16.2. The molecule has 0 spiro atoms. The van der Waals surface area contributed by atoms with Gasteiger partial charge in [-0.25, -0.2) is 0 Å². The van der Waals surface area contributed by atoms with Crippen LogP contribution >= 0.6 is 0 Å². The Balaban J connectivity index is 1.61. The Morgan fingerprint density at radius 2 is 0.950 bits per heavy atom. The topological polar surface area (TPSA) is 92.3 Å². The van der Waals surface area contributed by atoms with Crippen molar-refractivity contribution in [3.8, 4) is 0 Å². The van der Waals surface area contributed by atoms with Gasteiger partial charge in [-0.3, -0.25) is 29.8 Å². The van der Waals surface area contributed by atoms with Crippen LogP contribution in [0.2, 0.25) is 0 Å². The normalized spacial score (nSPS) is 54.8. The molecule has 6 rings (SSSR count). The lowest BCUT2D eigenvalue weighted by Gasteiger charge is -2.62. The number of amides is 4. The SMILES string of the molecule is O=C1NC(=O)[C@@H]2[C@@H]3CC[C@@H]([C@@H]12)[C@H]1[C@H]2C(=O)NC(=O)[C@@H]2[C@H]31. The molecule has 0 aromatic rings. The van der Waals surface area contributed by atoms with E-state index < -0.39 is 0 Å². The minimum Gasteiger partial charge on any atom is -0.296 e. The number of hydrogen-bond acceptors (Lipinski definition) is 4. The Bertz CT molecular complexity index is 546. The highest BCUT2D eigenvalue weighted by Gasteiger charge is 2.73. The van der Waals surface area contributed by atoms with Crippen LogP contribution in [-0.2, 0) is 19.2 Å². The second kappa shape index (κ2) is 3.13. The van der Waals surface area contributed by atoms with Crippen LogP contribution in [0.15, 0.2) is 0 Å². The quantitative estimate of drug-likeness (QED) is 0.557. The Labute approximate surface area is 114 Å². The average molecular weight is 274 g/mol. The van der Waals surface area contributed by atoms with Crippen molar-refractivity contribution >= 4 is 23.6 Å². The van der Waals surface area contributed by atoms with Gasteiger partial charge in [-0.05, 0) is 36.5 Å². The first-order valence-corrected chi connectivity index (χ1v) is 7.29. The van der Waals surface area contributed by atoms with E-state index in [9.17, 15) is 19.2 Å². The summed E-state index contributed by atoms with van der Waals surface area (Å²) in [6.45, 7) is 0. The zero-order valence-corrected chi connectivity index (χ0v) is 10.7. The van der Waals surface area contributed by atoms with Crippen molar-refractivity contribution < 1.29 is 19.2 Å². The molecule has 4 aliphatic carbocycles. The number of nitrogens with one attached hydrogen (secondary N) is 2. The summed E-state index contributed by atoms with van der Waals surface area (Å²) < 4.78 is 0. The molecule has 6 nitrogen and oxygen atoms in total. The fourth-order valence-corrected chi connectivity index (χ4v) is 6.02. The maximum Gasteiger partial charge on any atom is 0.230 e. The number of rotatable bonds is 0. The molecule has 0 unspecified atom stereocenters. The lowest BCUT2D eigenvalue weighted by atomic mass is 9.38. The smallest absolute Gasteiger partial charge is 0.230 e. The summed E-state index contributed by atoms with van der Waals surface area (Å²) in [4.78, 5) is 47.9. The monoisotopic (exact) mass is 274 g/mol. The molecule has 6 aliphatic rings. The van der Waals surface area contributed by atoms with Crippen molar-refractivity contribution in [1.82, 2.24) is 10.6 Å². The average Bonchev–Trinajstić information content (AvgIpc) is 2.78. The van der Waals surface area contributed by atoms with Crippen LogP contribution in [0.25, 0.3) is 0 Å². The molecule has 20 heavy (non-hydrogen) atoms. The first kappa shape index (κ1) is 11.0. The molecule has 6 fully saturated rings. The van der Waals surface area contributed by atoms with Crippen molar-refractivity contribution in [2.24, 2.45) is 47.3 Å². The molecule has 8 atom stereocenters. The third-order valence-corrected chi connectivity index (χ3v) is 6.50. The lowest BCUT2D eigenvalue weighted by molar-refractivity contribution is -0.190. The largest absolute Gasteiger partial charge is 0.296 e. The number of hydrogen-bond donors (Lipinski definition) is 2. The van der Waals surface area contributed by atoms with Crippen LogP contribution in [0.1, 0.15) is 12.8 Å². The van der Waals surface area contributed by atoms with Gasteiger partial charge in [-0.2, -0.15) is 0 Å². The van der Waals surface area contributed by atoms with Crippen molar-refractivity contribution in [1.29, 1.82) is 0 Å². The van der Waals surface area contributed by atoms with E-state index in [0.717, 1.165) is 12.8 Å². The van der Waals surface area contributed by atoms with E-state index in [2.05, 4.69) is 10.6 Å². The van der Waals surface area contributed by atoms with Gasteiger partial charge < -0.3 is 0 Å². The molecule has 6 heteroatoms. The highest BCUT2D eigenvalue weighted by Crippen LogP contribution is 2.68. The summed E-state index contributed by atoms with van der Waals surface area (Å²) >= 11 is 0. The zero-order valence-electron chi connectivity index (χ0n) is 10.7. The third-order valence-electron chi connectivity index (χ3n) is 6.50. The fraction of sp³-hybridized carbons (Fsp3) is 0.714. The van der Waals surface area contributed by atoms with Crippen LogP contribution in [0, 0.1) is 47.3 Å². The van der Waals surface area contributed by atoms with E-state index in [0.29, 0.717) is 0 Å². The molecular formula is C14H14N2O4. The van der Waals surface area contributed by atoms with Crippen molar-refractivity contribution in [2.75, 3.05) is 0 Å². The van der Waals surface area contributed by atoms with Crippen LogP contribution in [0.3, 0.4) is 0 Å². The molecule has 2 bridgehead atoms. The van der Waals surface area contributed by atoms with E-state index in [4.69, 9.17) is 0 Å². The van der Waals surface area contributed by atoms with Crippen molar-refractivity contribution in [2.45, 2.75) is 12.8 Å². The minimum absolute atomic E-state index is 0.0966. The third kappa shape index (κ3) is 0.949. The predicted octanol–water partition coefficient (Wildman–Crippen LogP) is -0.950. The van der Waals surface area contributed by atoms with E-state index in [1.54, 1.807) is 0 Å². The van der Waals surface area contributed by atoms with Gasteiger partial charge in [-0.15, -0.1) is 0 Å². The Morgan fingerprint density at radius 1 is 0.600 bits per heavy atom. The first-order valence-electron chi connectivity index (χ1n) is 7.29. The molecule has 104 valence electrons. The van der Waals surface area contributed by atoms with Crippen LogP contribution < -0.4 is 10.6 Å². The molecule has 0 aromatic carbocycles. The summed E-state index contributed by atoms with van der Waals surface area (Å²) in [5.41, 5.74) is 0. The van der Waals surface area contributed by atoms with Gasteiger partial charge in [0.15, 0.2) is 0 Å². The second-order valence-corrected chi connectivity index (χ2v) is 6.87. The minimum atomic E-state index is -0.257. The summed E-state index contributed by atoms with van der Waals surface area (Å²) in [5.74, 6) is -1.23. The van der Waals surface area contributed by atoms with Gasteiger partial charge in [0, 0.05) is 0 Å². The molecule has 0 aromatic heterocycles. The maximum absolute atomic E-state index is 12.0. The Kier molecular flexibility index (Phi) is 1.72. The highest BCUT2D eigenvalue weighted by molar-refractivity contribution is 6.08. The fourth-order valence-electron chi connectivity index (χ4n) is 6.02. The Morgan fingerprint density at radius 3 is 1.35 bits per heavy atom. The summed E-state index contributed by atoms with van der Waals surface area (Å²) in [6.07, 6.45) is 1.80. The number of carbonyl (C=O) groups is 4. The lowest BCUT2D eigenvalue weighted by Crippen LogP contribution is -2.65. The zero-order chi connectivity index (χ0) is 13.8. The van der Waals surface area contributed by atoms with E-state index in [-0.39, 0.29) is 71.0 Å². The molecule has 2 aliphatic heterocycles. The molecule has 2 saturated heterocycles. The molecule has 2 heterocycles. The summed E-state index contributed by atoms with van der Waals surface area (Å²) in [6, 6.07) is 0. The van der Waals surface area contributed by atoms with Crippen molar-refractivity contribution in [3.05, 3.63) is 0 Å². The van der Waals surface area contributed by atoms with Gasteiger partial charge >= 0.3 is 0 Å². The van der Waals surface area contributed by atoms with Crippen molar-refractivity contribution in [3.63, 3.8) is 0 Å². The summed E-state index contributed by atoms with van der Waals surface area (Å²) in [7, 11) is 0. The van der Waals surface area contributed by atoms with Gasteiger partial charge in [0.2, 0.25) is 23.6 Å². The van der Waals surface area contributed by atoms with E-state index >= 15 is 0 Å². The predicted molar refractivity (Wildman–Crippen MR) is 63.5 cm³/mol. The molecular weight excluding hydrogens is 260 g/mol. The van der Waals surface area contributed by atoms with E-state index in [1.165, 1.54) is 0 Å². The van der Waals surface area contributed by atoms with Gasteiger partial charge in [0.05, 0.1) is 23.7 Å². The Hall–Kier alpha value is -1.72. The van der Waals surface area contributed by atoms with Gasteiger partial charge in [0.1, 0.15) is 0 Å². The second-order valence-electron chi connectivity index (χ2n) is 6.87. The molecule has 4 saturated carbocycles. The maximum atomic E-state index is 12.0. The van der Waals surface area contributed by atoms with Crippen LogP contribution in [-0.4, -0.2) is 23.6 Å². The first-order chi connectivity index (χ1) is 9.59. The van der Waals surface area contributed by atoms with Crippen LogP contribution in [0.5, 0.6) is 0 Å². The molecule has 4 amide bonds.